The van der Waals surface area contributed by atoms with E-state index in [1.807, 2.05) is 73.2 Å². The topological polar surface area (TPSA) is 122 Å². The summed E-state index contributed by atoms with van der Waals surface area (Å²) in [4.78, 5) is 38.0. The molecule has 1 fully saturated rings. The molecule has 1 aliphatic heterocycles. The minimum atomic E-state index is -0.341. The van der Waals surface area contributed by atoms with Gasteiger partial charge in [0.2, 0.25) is 11.1 Å². The van der Waals surface area contributed by atoms with E-state index in [-0.39, 0.29) is 28.3 Å². The number of hydrogen-bond donors (Lipinski definition) is 0. The predicted molar refractivity (Wildman–Crippen MR) is 496 cm³/mol. The van der Waals surface area contributed by atoms with Crippen LogP contribution in [0.15, 0.2) is 365 Å². The number of fused-ring (bicyclic) bond motifs is 9. The third-order valence-corrected chi connectivity index (χ3v) is 23.6. The smallest absolute Gasteiger partial charge is 0.399 e. The molecule has 2 aliphatic rings. The molecule has 0 atom stereocenters. The lowest BCUT2D eigenvalue weighted by Crippen LogP contribution is -2.41. The summed E-state index contributed by atoms with van der Waals surface area (Å²) in [6, 6.07) is 113. The maximum Gasteiger partial charge on any atom is 0.494 e. The highest BCUT2D eigenvalue weighted by molar-refractivity contribution is 6.62. The maximum atomic E-state index is 6.54. The number of benzene rings is 14. The van der Waals surface area contributed by atoms with Crippen molar-refractivity contribution in [3.8, 4) is 78.0 Å². The van der Waals surface area contributed by atoms with E-state index in [4.69, 9.17) is 52.4 Å². The van der Waals surface area contributed by atoms with Gasteiger partial charge in [0.1, 0.15) is 5.15 Å². The molecule has 0 spiro atoms. The molecular weight excluding hydrogens is 1520 g/mol. The molecule has 7 heterocycles. The van der Waals surface area contributed by atoms with E-state index in [2.05, 4.69) is 339 Å². The number of nitrogens with zero attached hydrogens (tertiary/aromatic N) is 8. The number of rotatable bonds is 10. The SMILES string of the molecule is CC1(C)OB(c2ccc(-c3ccnc4cccnc34)cc2)OC1(C)C.Clc1nc(Cl)c2cc(-c3ccc4ccccc4c3)cc(-c3ccc4ccccc4c3)c2n1.F.[C+]1=C(c2nc(-c3ccc(-c4cccc5cccnc45)cc3)c3cc(-c4ccc5ccccc5c4)cc(-c4ccc5ccccc5c4)c3n2)C=CC(c2cccc3cccnc23)=C1. The fourth-order valence-corrected chi connectivity index (χ4v) is 16.6. The summed E-state index contributed by atoms with van der Waals surface area (Å²) in [6.45, 7) is 8.26. The first-order valence-corrected chi connectivity index (χ1v) is 40.4. The molecule has 14 heteroatoms. The van der Waals surface area contributed by atoms with Gasteiger partial charge in [-0.15, -0.1) is 0 Å². The van der Waals surface area contributed by atoms with Crippen LogP contribution in [0.3, 0.4) is 0 Å². The number of aromatic nitrogens is 8. The van der Waals surface area contributed by atoms with Gasteiger partial charge in [-0.25, -0.2) is 9.97 Å². The van der Waals surface area contributed by atoms with Crippen LogP contribution >= 0.6 is 23.2 Å². The normalized spacial score (nSPS) is 13.4. The average Bonchev–Trinajstić information content (AvgIpc) is 0.855. The third kappa shape index (κ3) is 14.6. The van der Waals surface area contributed by atoms with Crippen LogP contribution in [-0.2, 0) is 9.31 Å². The van der Waals surface area contributed by atoms with E-state index < -0.39 is 0 Å². The number of pyridine rings is 4. The molecule has 1 saturated heterocycles. The quantitative estimate of drug-likeness (QED) is 0.0566. The zero-order chi connectivity index (χ0) is 80.3. The first-order valence-electron chi connectivity index (χ1n) is 39.7. The van der Waals surface area contributed by atoms with E-state index in [9.17, 15) is 0 Å². The van der Waals surface area contributed by atoms with E-state index in [0.29, 0.717) is 11.0 Å². The molecule has 0 bridgehead atoms. The zero-order valence-electron chi connectivity index (χ0n) is 65.8. The molecular formula is C106H73BCl2FN8O2+. The summed E-state index contributed by atoms with van der Waals surface area (Å²) in [5, 5.41) is 14.0. The Kier molecular flexibility index (Phi) is 20.0. The Balaban J connectivity index is 0.000000136. The molecule has 22 rings (SSSR count). The number of hydrogen-bond acceptors (Lipinski definition) is 10. The van der Waals surface area contributed by atoms with Crippen molar-refractivity contribution in [1.82, 2.24) is 39.9 Å². The number of para-hydroxylation sites is 2. The van der Waals surface area contributed by atoms with Crippen molar-refractivity contribution >= 4 is 145 Å². The minimum absolute atomic E-state index is 0. The van der Waals surface area contributed by atoms with Crippen molar-refractivity contribution in [2.24, 2.45) is 0 Å². The van der Waals surface area contributed by atoms with Gasteiger partial charge in [0.25, 0.3) is 0 Å². The summed E-state index contributed by atoms with van der Waals surface area (Å²) in [6.07, 6.45) is 17.2. The predicted octanol–water partition coefficient (Wildman–Crippen LogP) is 26.9. The van der Waals surface area contributed by atoms with Gasteiger partial charge >= 0.3 is 7.12 Å². The standard InChI is InChI=1S/C58H35N4.C28H16Cl2N2.C20H21BN2O2.FH/c1-3-11-45-33-47(29-19-37(45)9-1)49-35-52(48-30-20-38-10-2-4-12-46(38)34-48)57-53(36-49)56(43-25-21-39(22-26-43)50-17-5-13-41-15-7-31-59-54(41)50)61-58(62-57)44-27-23-40(24-28-44)51-18-6-14-42-16-8-32-60-55(42)51;29-27-25-16-23(21-11-9-17-5-1-3-7-19(17)13-21)15-24(26(25)31-28(30)32-27)22-12-10-18-6-2-4-8-20(18)14-22;1-19(2)20(3,4)25-21(24-19)15-9-7-14(8-10-15)16-11-13-22-17-6-5-12-23-18(16)17;/h1-27,29-36H;1-16H;5-13H,1-4H3;1H/q+1;;;. The molecule has 20 aromatic rings. The van der Waals surface area contributed by atoms with E-state index >= 15 is 0 Å². The molecule has 0 saturated carbocycles. The highest BCUT2D eigenvalue weighted by Gasteiger charge is 2.51. The van der Waals surface area contributed by atoms with Gasteiger partial charge < -0.3 is 9.31 Å². The van der Waals surface area contributed by atoms with E-state index in [1.54, 1.807) is 6.20 Å². The second kappa shape index (κ2) is 31.7. The van der Waals surface area contributed by atoms with Crippen LogP contribution in [0, 0.1) is 6.08 Å². The largest absolute Gasteiger partial charge is 0.494 e. The van der Waals surface area contributed by atoms with Crippen LogP contribution in [0.2, 0.25) is 10.4 Å². The Bertz CT molecular complexity index is 7530. The minimum Gasteiger partial charge on any atom is -0.399 e. The molecule has 572 valence electrons. The molecule has 14 aromatic carbocycles. The van der Waals surface area contributed by atoms with Gasteiger partial charge in [-0.05, 0) is 217 Å². The van der Waals surface area contributed by atoms with Gasteiger partial charge in [-0.1, -0.05) is 248 Å². The van der Waals surface area contributed by atoms with Crippen molar-refractivity contribution in [2.45, 2.75) is 38.9 Å². The lowest BCUT2D eigenvalue weighted by molar-refractivity contribution is 0.00578. The summed E-state index contributed by atoms with van der Waals surface area (Å²) in [5.41, 5.74) is 23.4. The Labute approximate surface area is 703 Å². The van der Waals surface area contributed by atoms with E-state index in [1.165, 1.54) is 43.1 Å². The van der Waals surface area contributed by atoms with Crippen LogP contribution in [0.4, 0.5) is 4.70 Å². The van der Waals surface area contributed by atoms with Crippen LogP contribution < -0.4 is 5.46 Å². The second-order valence-corrected chi connectivity index (χ2v) is 31.7. The van der Waals surface area contributed by atoms with Crippen molar-refractivity contribution in [3.05, 3.63) is 392 Å². The van der Waals surface area contributed by atoms with Crippen LogP contribution in [-0.4, -0.2) is 58.2 Å². The van der Waals surface area contributed by atoms with Crippen molar-refractivity contribution in [2.75, 3.05) is 0 Å². The van der Waals surface area contributed by atoms with Crippen LogP contribution in [0.25, 0.3) is 187 Å². The van der Waals surface area contributed by atoms with E-state index in [0.717, 1.165) is 155 Å². The van der Waals surface area contributed by atoms with Gasteiger partial charge in [0.15, 0.2) is 5.57 Å². The highest BCUT2D eigenvalue weighted by atomic mass is 35.5. The summed E-state index contributed by atoms with van der Waals surface area (Å²) in [7, 11) is -0.341. The van der Waals surface area contributed by atoms with Gasteiger partial charge in [0.05, 0.1) is 67.2 Å². The lowest BCUT2D eigenvalue weighted by Gasteiger charge is -2.32. The van der Waals surface area contributed by atoms with Crippen LogP contribution in [0.5, 0.6) is 0 Å². The van der Waals surface area contributed by atoms with Gasteiger partial charge in [0, 0.05) is 92.4 Å². The molecule has 1 aliphatic carbocycles. The number of allylic oxidation sites excluding steroid dienone is 6. The fourth-order valence-electron chi connectivity index (χ4n) is 16.2. The Morgan fingerprint density at radius 2 is 0.742 bits per heavy atom. The van der Waals surface area contributed by atoms with Crippen LogP contribution in [0.1, 0.15) is 39.1 Å². The summed E-state index contributed by atoms with van der Waals surface area (Å²) < 4.78 is 12.2. The maximum absolute atomic E-state index is 6.54. The number of halogens is 3. The van der Waals surface area contributed by atoms with Crippen molar-refractivity contribution < 1.29 is 14.0 Å². The molecule has 0 radical (unpaired) electrons. The zero-order valence-corrected chi connectivity index (χ0v) is 67.3. The summed E-state index contributed by atoms with van der Waals surface area (Å²) in [5.74, 6) is 0.609. The fraction of sp³-hybridized carbons (Fsp3) is 0.0566. The monoisotopic (exact) mass is 1590 g/mol. The highest BCUT2D eigenvalue weighted by Crippen LogP contribution is 2.44. The van der Waals surface area contributed by atoms with Crippen molar-refractivity contribution in [1.29, 1.82) is 0 Å². The van der Waals surface area contributed by atoms with Gasteiger partial charge in [-0.3, -0.25) is 24.6 Å². The molecule has 120 heavy (non-hydrogen) atoms. The third-order valence-electron chi connectivity index (χ3n) is 23.2. The first kappa shape index (κ1) is 75.8. The van der Waals surface area contributed by atoms with Crippen molar-refractivity contribution in [3.63, 3.8) is 0 Å². The lowest BCUT2D eigenvalue weighted by atomic mass is 9.78. The Morgan fingerprint density at radius 1 is 0.308 bits per heavy atom. The molecule has 6 aromatic heterocycles. The molecule has 0 amide bonds. The molecule has 0 N–H and O–H groups in total. The Hall–Kier alpha value is -14.2. The Morgan fingerprint density at radius 3 is 1.28 bits per heavy atom. The second-order valence-electron chi connectivity index (χ2n) is 31.0. The summed E-state index contributed by atoms with van der Waals surface area (Å²) >= 11 is 12.7. The first-order chi connectivity index (χ1) is 58.2. The molecule has 10 nitrogen and oxygen atoms in total. The molecule has 0 unspecified atom stereocenters. The average molecular weight is 1590 g/mol. The van der Waals surface area contributed by atoms with Gasteiger partial charge in [-0.2, -0.15) is 9.97 Å².